The lowest BCUT2D eigenvalue weighted by molar-refractivity contribution is -0.385. The largest absolute Gasteiger partial charge is 0.495 e. The molecule has 2 aliphatic rings. The summed E-state index contributed by atoms with van der Waals surface area (Å²) in [4.78, 5) is 15.4. The molecule has 0 bridgehead atoms. The fourth-order valence-corrected chi connectivity index (χ4v) is 3.88. The second kappa shape index (κ2) is 5.63. The van der Waals surface area contributed by atoms with Crippen LogP contribution in [0.1, 0.15) is 29.5 Å². The van der Waals surface area contributed by atoms with Crippen molar-refractivity contribution in [2.24, 2.45) is 5.92 Å². The summed E-state index contributed by atoms with van der Waals surface area (Å²) in [6.07, 6.45) is 8.67. The molecule has 0 saturated carbocycles. The molecule has 1 aliphatic carbocycles. The van der Waals surface area contributed by atoms with Crippen molar-refractivity contribution >= 4 is 11.4 Å². The lowest BCUT2D eigenvalue weighted by Crippen LogP contribution is -2.30. The molecule has 6 nitrogen and oxygen atoms in total. The van der Waals surface area contributed by atoms with Crippen LogP contribution < -0.4 is 10.1 Å². The first-order valence-corrected chi connectivity index (χ1v) is 7.89. The van der Waals surface area contributed by atoms with Crippen LogP contribution in [0.2, 0.25) is 0 Å². The average Bonchev–Trinajstić information content (AvgIpc) is 3.10. The zero-order valence-corrected chi connectivity index (χ0v) is 13.2. The Kier molecular flexibility index (Phi) is 3.45. The third-order valence-electron chi connectivity index (χ3n) is 4.92. The van der Waals surface area contributed by atoms with E-state index in [0.29, 0.717) is 11.4 Å². The molecule has 122 valence electrons. The zero-order chi connectivity index (χ0) is 16.7. The average molecular weight is 323 g/mol. The Balaban J connectivity index is 1.90. The highest BCUT2D eigenvalue weighted by Gasteiger charge is 2.42. The predicted octanol–water partition coefficient (Wildman–Crippen LogP) is 3.82. The topological polar surface area (TPSA) is 77.3 Å². The SMILES string of the molecule is COc1ccc([N+](=O)[O-])c2c1N[C@@H](c1cccnc1)[C@@H]1CC=C[C@H]21. The Morgan fingerprint density at radius 1 is 1.38 bits per heavy atom. The molecule has 2 heterocycles. The minimum atomic E-state index is -0.312. The monoisotopic (exact) mass is 323 g/mol. The lowest BCUT2D eigenvalue weighted by atomic mass is 9.76. The van der Waals surface area contributed by atoms with E-state index < -0.39 is 0 Å². The third kappa shape index (κ3) is 2.14. The first-order chi connectivity index (χ1) is 11.7. The molecular formula is C18H17N3O3. The highest BCUT2D eigenvalue weighted by Crippen LogP contribution is 2.54. The predicted molar refractivity (Wildman–Crippen MR) is 90.2 cm³/mol. The van der Waals surface area contributed by atoms with Crippen LogP contribution in [0.15, 0.2) is 48.8 Å². The van der Waals surface area contributed by atoms with Crippen molar-refractivity contribution in [3.63, 3.8) is 0 Å². The summed E-state index contributed by atoms with van der Waals surface area (Å²) >= 11 is 0. The molecule has 1 aromatic carbocycles. The van der Waals surface area contributed by atoms with Gasteiger partial charge in [0.2, 0.25) is 0 Å². The van der Waals surface area contributed by atoms with Crippen molar-refractivity contribution in [2.75, 3.05) is 12.4 Å². The molecule has 0 spiro atoms. The normalized spacial score (nSPS) is 24.0. The quantitative estimate of drug-likeness (QED) is 0.528. The van der Waals surface area contributed by atoms with Crippen molar-refractivity contribution in [3.05, 3.63) is 70.1 Å². The smallest absolute Gasteiger partial charge is 0.275 e. The summed E-state index contributed by atoms with van der Waals surface area (Å²) in [5.41, 5.74) is 2.66. The van der Waals surface area contributed by atoms with Crippen LogP contribution in [0.4, 0.5) is 11.4 Å². The molecule has 0 fully saturated rings. The van der Waals surface area contributed by atoms with E-state index in [1.165, 1.54) is 6.07 Å². The van der Waals surface area contributed by atoms with E-state index in [1.807, 2.05) is 18.3 Å². The van der Waals surface area contributed by atoms with Gasteiger partial charge in [0.1, 0.15) is 5.75 Å². The molecule has 0 saturated heterocycles. The van der Waals surface area contributed by atoms with Gasteiger partial charge in [-0.1, -0.05) is 18.2 Å². The van der Waals surface area contributed by atoms with Crippen LogP contribution in [0, 0.1) is 16.0 Å². The number of fused-ring (bicyclic) bond motifs is 3. The number of anilines is 1. The van der Waals surface area contributed by atoms with E-state index in [1.54, 1.807) is 19.4 Å². The molecule has 1 N–H and O–H groups in total. The van der Waals surface area contributed by atoms with Crippen LogP contribution in [-0.2, 0) is 0 Å². The summed E-state index contributed by atoms with van der Waals surface area (Å²) in [6, 6.07) is 7.18. The van der Waals surface area contributed by atoms with Gasteiger partial charge in [0.15, 0.2) is 0 Å². The molecule has 0 radical (unpaired) electrons. The number of nitro groups is 1. The van der Waals surface area contributed by atoms with Crippen molar-refractivity contribution in [1.82, 2.24) is 4.98 Å². The lowest BCUT2D eigenvalue weighted by Gasteiger charge is -2.37. The maximum atomic E-state index is 11.5. The van der Waals surface area contributed by atoms with Crippen molar-refractivity contribution < 1.29 is 9.66 Å². The molecule has 0 amide bonds. The zero-order valence-electron chi connectivity index (χ0n) is 13.2. The van der Waals surface area contributed by atoms with E-state index in [2.05, 4.69) is 22.5 Å². The number of aromatic nitrogens is 1. The van der Waals surface area contributed by atoms with E-state index >= 15 is 0 Å². The first-order valence-electron chi connectivity index (χ1n) is 7.89. The maximum absolute atomic E-state index is 11.5. The van der Waals surface area contributed by atoms with Gasteiger partial charge < -0.3 is 10.1 Å². The molecule has 2 aromatic rings. The van der Waals surface area contributed by atoms with E-state index in [-0.39, 0.29) is 28.5 Å². The molecule has 24 heavy (non-hydrogen) atoms. The number of methoxy groups -OCH3 is 1. The number of nitro benzene ring substituents is 1. The van der Waals surface area contributed by atoms with Gasteiger partial charge in [-0.25, -0.2) is 0 Å². The second-order valence-corrected chi connectivity index (χ2v) is 6.09. The van der Waals surface area contributed by atoms with E-state index in [0.717, 1.165) is 17.5 Å². The Labute approximate surface area is 139 Å². The Morgan fingerprint density at radius 2 is 2.25 bits per heavy atom. The van der Waals surface area contributed by atoms with Gasteiger partial charge in [0.25, 0.3) is 5.69 Å². The Morgan fingerprint density at radius 3 is 2.96 bits per heavy atom. The number of ether oxygens (including phenoxy) is 1. The summed E-state index contributed by atoms with van der Waals surface area (Å²) in [5, 5.41) is 15.0. The van der Waals surface area contributed by atoms with E-state index in [9.17, 15) is 10.1 Å². The van der Waals surface area contributed by atoms with Gasteiger partial charge in [-0.15, -0.1) is 0 Å². The maximum Gasteiger partial charge on any atom is 0.275 e. The third-order valence-corrected chi connectivity index (χ3v) is 4.92. The minimum Gasteiger partial charge on any atom is -0.495 e. The first kappa shape index (κ1) is 14.7. The number of hydrogen-bond donors (Lipinski definition) is 1. The molecule has 1 aromatic heterocycles. The number of pyridine rings is 1. The molecule has 1 aliphatic heterocycles. The fourth-order valence-electron chi connectivity index (χ4n) is 3.88. The Hall–Kier alpha value is -2.89. The van der Waals surface area contributed by atoms with Crippen molar-refractivity contribution in [1.29, 1.82) is 0 Å². The van der Waals surface area contributed by atoms with Crippen molar-refractivity contribution in [3.8, 4) is 5.75 Å². The van der Waals surface area contributed by atoms with Gasteiger partial charge in [-0.2, -0.15) is 0 Å². The van der Waals surface area contributed by atoms with Crippen LogP contribution in [0.3, 0.4) is 0 Å². The summed E-state index contributed by atoms with van der Waals surface area (Å²) in [5.74, 6) is 0.859. The number of allylic oxidation sites excluding steroid dienone is 2. The van der Waals surface area contributed by atoms with Gasteiger partial charge in [0, 0.05) is 24.4 Å². The second-order valence-electron chi connectivity index (χ2n) is 6.09. The highest BCUT2D eigenvalue weighted by molar-refractivity contribution is 5.73. The van der Waals surface area contributed by atoms with Gasteiger partial charge in [0.05, 0.1) is 29.3 Å². The van der Waals surface area contributed by atoms with Crippen LogP contribution in [0.25, 0.3) is 0 Å². The summed E-state index contributed by atoms with van der Waals surface area (Å²) < 4.78 is 5.46. The number of benzene rings is 1. The van der Waals surface area contributed by atoms with Crippen LogP contribution in [-0.4, -0.2) is 17.0 Å². The number of nitrogens with zero attached hydrogens (tertiary/aromatic N) is 2. The molecule has 0 unspecified atom stereocenters. The number of rotatable bonds is 3. The van der Waals surface area contributed by atoms with E-state index in [4.69, 9.17) is 4.74 Å². The highest BCUT2D eigenvalue weighted by atomic mass is 16.6. The van der Waals surface area contributed by atoms with Gasteiger partial charge in [-0.3, -0.25) is 15.1 Å². The van der Waals surface area contributed by atoms with Crippen LogP contribution >= 0.6 is 0 Å². The standard InChI is InChI=1S/C18H17N3O3/c1-24-15-8-7-14(21(22)23)16-12-5-2-6-13(12)17(20-18(15)16)11-4-3-9-19-10-11/h2-5,7-10,12-13,17,20H,6H2,1H3/t12-,13+,17-/m0/s1. The minimum absolute atomic E-state index is 0.00181. The molecule has 4 rings (SSSR count). The molecule has 3 atom stereocenters. The molecular weight excluding hydrogens is 306 g/mol. The van der Waals surface area contributed by atoms with Crippen molar-refractivity contribution in [2.45, 2.75) is 18.4 Å². The number of hydrogen-bond acceptors (Lipinski definition) is 5. The van der Waals surface area contributed by atoms with Crippen LogP contribution in [0.5, 0.6) is 5.75 Å². The molecule has 6 heteroatoms. The fraction of sp³-hybridized carbons (Fsp3) is 0.278. The Bertz CT molecular complexity index is 820. The number of nitrogens with one attached hydrogen (secondary N) is 1. The van der Waals surface area contributed by atoms with Gasteiger partial charge in [-0.05, 0) is 30.0 Å². The summed E-state index contributed by atoms with van der Waals surface area (Å²) in [7, 11) is 1.58. The summed E-state index contributed by atoms with van der Waals surface area (Å²) in [6.45, 7) is 0. The van der Waals surface area contributed by atoms with Gasteiger partial charge >= 0.3 is 0 Å².